The Morgan fingerprint density at radius 1 is 1.67 bits per heavy atom. The third kappa shape index (κ3) is 2.79. The molecule has 1 fully saturated rings. The van der Waals surface area contributed by atoms with Gasteiger partial charge >= 0.3 is 5.97 Å². The van der Waals surface area contributed by atoms with E-state index in [1.54, 1.807) is 11.3 Å². The lowest BCUT2D eigenvalue weighted by Gasteiger charge is -2.19. The first-order valence-electron chi connectivity index (χ1n) is 5.15. The van der Waals surface area contributed by atoms with Crippen LogP contribution < -0.4 is 0 Å². The van der Waals surface area contributed by atoms with Gasteiger partial charge in [-0.2, -0.15) is 0 Å². The highest BCUT2D eigenvalue weighted by Gasteiger charge is 2.30. The zero-order chi connectivity index (χ0) is 10.8. The van der Waals surface area contributed by atoms with Crippen molar-refractivity contribution in [3.8, 4) is 0 Å². The third-order valence-corrected chi connectivity index (χ3v) is 3.72. The molecule has 1 N–H and O–H groups in total. The van der Waals surface area contributed by atoms with Gasteiger partial charge in [-0.25, -0.2) is 0 Å². The fourth-order valence-corrected chi connectivity index (χ4v) is 2.61. The van der Waals surface area contributed by atoms with Crippen molar-refractivity contribution in [1.82, 2.24) is 4.90 Å². The van der Waals surface area contributed by atoms with E-state index >= 15 is 0 Å². The number of nitrogens with zero attached hydrogens (tertiary/aromatic N) is 1. The van der Waals surface area contributed by atoms with E-state index in [0.717, 1.165) is 19.4 Å². The molecule has 0 amide bonds. The van der Waals surface area contributed by atoms with Crippen LogP contribution in [0.2, 0.25) is 0 Å². The van der Waals surface area contributed by atoms with Crippen LogP contribution in [0, 0.1) is 6.92 Å². The summed E-state index contributed by atoms with van der Waals surface area (Å²) in [7, 11) is 0. The van der Waals surface area contributed by atoms with Crippen molar-refractivity contribution in [2.45, 2.75) is 32.4 Å². The maximum Gasteiger partial charge on any atom is 0.317 e. The Balaban J connectivity index is 2.00. The monoisotopic (exact) mass is 225 g/mol. The number of carboxylic acids is 1. The highest BCUT2D eigenvalue weighted by Crippen LogP contribution is 2.29. The Morgan fingerprint density at radius 3 is 2.87 bits per heavy atom. The second-order valence-corrected chi connectivity index (χ2v) is 5.06. The smallest absolute Gasteiger partial charge is 0.317 e. The number of aliphatic carboxylic acids is 1. The molecule has 1 saturated carbocycles. The normalized spacial score (nSPS) is 15.9. The number of thiophene rings is 1. The first-order valence-corrected chi connectivity index (χ1v) is 6.03. The Morgan fingerprint density at radius 2 is 2.40 bits per heavy atom. The van der Waals surface area contributed by atoms with E-state index in [-0.39, 0.29) is 6.54 Å². The summed E-state index contributed by atoms with van der Waals surface area (Å²) in [5.41, 5.74) is 1.27. The molecule has 1 aromatic rings. The molecule has 2 rings (SSSR count). The summed E-state index contributed by atoms with van der Waals surface area (Å²) >= 11 is 1.72. The molecule has 3 nitrogen and oxygen atoms in total. The van der Waals surface area contributed by atoms with Crippen molar-refractivity contribution in [3.63, 3.8) is 0 Å². The fraction of sp³-hybridized carbons (Fsp3) is 0.545. The zero-order valence-electron chi connectivity index (χ0n) is 8.77. The zero-order valence-corrected chi connectivity index (χ0v) is 9.59. The van der Waals surface area contributed by atoms with Crippen LogP contribution in [0.1, 0.15) is 23.3 Å². The SMILES string of the molecule is Cc1ccsc1CN(CC(=O)O)C1CC1. The molecule has 0 unspecified atom stereocenters. The largest absolute Gasteiger partial charge is 0.480 e. The Kier molecular flexibility index (Phi) is 3.07. The molecular formula is C11H15NO2S. The van der Waals surface area contributed by atoms with Crippen LogP contribution >= 0.6 is 11.3 Å². The molecule has 15 heavy (non-hydrogen) atoms. The fourth-order valence-electron chi connectivity index (χ4n) is 1.68. The Bertz CT molecular complexity index is 357. The van der Waals surface area contributed by atoms with Gasteiger partial charge in [-0.15, -0.1) is 11.3 Å². The highest BCUT2D eigenvalue weighted by molar-refractivity contribution is 7.10. The number of hydrogen-bond donors (Lipinski definition) is 1. The molecule has 0 spiro atoms. The van der Waals surface area contributed by atoms with E-state index in [1.807, 2.05) is 0 Å². The molecule has 1 aliphatic rings. The van der Waals surface area contributed by atoms with Crippen LogP contribution in [0.3, 0.4) is 0 Å². The molecule has 1 aromatic heterocycles. The quantitative estimate of drug-likeness (QED) is 0.834. The minimum absolute atomic E-state index is 0.169. The molecule has 1 heterocycles. The topological polar surface area (TPSA) is 40.5 Å². The van der Waals surface area contributed by atoms with Gasteiger partial charge in [0.25, 0.3) is 0 Å². The predicted molar refractivity (Wildman–Crippen MR) is 60.1 cm³/mol. The molecule has 0 aliphatic heterocycles. The van der Waals surface area contributed by atoms with Crippen molar-refractivity contribution >= 4 is 17.3 Å². The average molecular weight is 225 g/mol. The molecule has 0 saturated heterocycles. The number of rotatable bonds is 5. The summed E-state index contributed by atoms with van der Waals surface area (Å²) in [6.07, 6.45) is 2.30. The summed E-state index contributed by atoms with van der Waals surface area (Å²) < 4.78 is 0. The highest BCUT2D eigenvalue weighted by atomic mass is 32.1. The van der Waals surface area contributed by atoms with Crippen molar-refractivity contribution < 1.29 is 9.90 Å². The molecule has 0 atom stereocenters. The minimum Gasteiger partial charge on any atom is -0.480 e. The molecule has 4 heteroatoms. The van der Waals surface area contributed by atoms with E-state index in [9.17, 15) is 4.79 Å². The third-order valence-electron chi connectivity index (χ3n) is 2.72. The first kappa shape index (κ1) is 10.6. The van der Waals surface area contributed by atoms with Crippen LogP contribution in [-0.2, 0) is 11.3 Å². The van der Waals surface area contributed by atoms with E-state index in [4.69, 9.17) is 5.11 Å². The lowest BCUT2D eigenvalue weighted by molar-refractivity contribution is -0.138. The number of aryl methyl sites for hydroxylation is 1. The van der Waals surface area contributed by atoms with Crippen molar-refractivity contribution in [2.75, 3.05) is 6.54 Å². The van der Waals surface area contributed by atoms with E-state index < -0.39 is 5.97 Å². The predicted octanol–water partition coefficient (Wildman–Crippen LogP) is 2.11. The van der Waals surface area contributed by atoms with Gasteiger partial charge < -0.3 is 5.11 Å². The Labute approximate surface area is 93.3 Å². The van der Waals surface area contributed by atoms with Crippen LogP contribution in [0.25, 0.3) is 0 Å². The number of hydrogen-bond acceptors (Lipinski definition) is 3. The molecule has 0 radical (unpaired) electrons. The average Bonchev–Trinajstić information content (AvgIpc) is 2.92. The minimum atomic E-state index is -0.726. The number of carboxylic acid groups (broad SMARTS) is 1. The van der Waals surface area contributed by atoms with Gasteiger partial charge in [0.2, 0.25) is 0 Å². The molecule has 0 bridgehead atoms. The lowest BCUT2D eigenvalue weighted by atomic mass is 10.2. The summed E-state index contributed by atoms with van der Waals surface area (Å²) in [6.45, 7) is 3.04. The second kappa shape index (κ2) is 4.33. The lowest BCUT2D eigenvalue weighted by Crippen LogP contribution is -2.31. The van der Waals surface area contributed by atoms with Gasteiger partial charge in [-0.1, -0.05) is 0 Å². The van der Waals surface area contributed by atoms with Gasteiger partial charge in [0.05, 0.1) is 6.54 Å². The maximum atomic E-state index is 10.7. The summed E-state index contributed by atoms with van der Waals surface area (Å²) in [5.74, 6) is -0.726. The van der Waals surface area contributed by atoms with Crippen LogP contribution in [0.15, 0.2) is 11.4 Å². The first-order chi connectivity index (χ1) is 7.16. The van der Waals surface area contributed by atoms with Crippen LogP contribution in [0.5, 0.6) is 0 Å². The number of carbonyl (C=O) groups is 1. The van der Waals surface area contributed by atoms with Crippen molar-refractivity contribution in [2.24, 2.45) is 0 Å². The summed E-state index contributed by atoms with van der Waals surface area (Å²) in [5, 5.41) is 10.9. The van der Waals surface area contributed by atoms with Crippen molar-refractivity contribution in [3.05, 3.63) is 21.9 Å². The van der Waals surface area contributed by atoms with Crippen LogP contribution in [0.4, 0.5) is 0 Å². The molecular weight excluding hydrogens is 210 g/mol. The van der Waals surface area contributed by atoms with Gasteiger partial charge in [0.1, 0.15) is 0 Å². The van der Waals surface area contributed by atoms with Gasteiger partial charge in [0.15, 0.2) is 0 Å². The van der Waals surface area contributed by atoms with E-state index in [2.05, 4.69) is 23.3 Å². The molecule has 1 aliphatic carbocycles. The maximum absolute atomic E-state index is 10.7. The van der Waals surface area contributed by atoms with Gasteiger partial charge in [0, 0.05) is 17.5 Å². The van der Waals surface area contributed by atoms with E-state index in [0.29, 0.717) is 6.04 Å². The Hall–Kier alpha value is -0.870. The van der Waals surface area contributed by atoms with Crippen LogP contribution in [-0.4, -0.2) is 28.6 Å². The summed E-state index contributed by atoms with van der Waals surface area (Å²) in [6, 6.07) is 2.59. The molecule has 0 aromatic carbocycles. The molecule has 82 valence electrons. The standard InChI is InChI=1S/C11H15NO2S/c1-8-4-5-15-10(8)6-12(7-11(13)14)9-2-3-9/h4-5,9H,2-3,6-7H2,1H3,(H,13,14). The summed E-state index contributed by atoms with van der Waals surface area (Å²) in [4.78, 5) is 14.1. The second-order valence-electron chi connectivity index (χ2n) is 4.06. The van der Waals surface area contributed by atoms with Gasteiger partial charge in [-0.3, -0.25) is 9.69 Å². The van der Waals surface area contributed by atoms with Crippen molar-refractivity contribution in [1.29, 1.82) is 0 Å². The van der Waals surface area contributed by atoms with E-state index in [1.165, 1.54) is 10.4 Å². The van der Waals surface area contributed by atoms with Gasteiger partial charge in [-0.05, 0) is 36.8 Å².